The fourth-order valence-corrected chi connectivity index (χ4v) is 2.18. The lowest BCUT2D eigenvalue weighted by Gasteiger charge is -2.17. The summed E-state index contributed by atoms with van der Waals surface area (Å²) in [5, 5.41) is 3.54. The van der Waals surface area contributed by atoms with Crippen LogP contribution in [0.3, 0.4) is 0 Å². The second kappa shape index (κ2) is 3.45. The van der Waals surface area contributed by atoms with Crippen molar-refractivity contribution in [1.82, 2.24) is 5.32 Å². The van der Waals surface area contributed by atoms with Crippen LogP contribution in [-0.4, -0.2) is 14.4 Å². The van der Waals surface area contributed by atoms with Gasteiger partial charge in [0.05, 0.1) is 0 Å². The van der Waals surface area contributed by atoms with Gasteiger partial charge in [-0.15, -0.1) is 0 Å². The lowest BCUT2D eigenvalue weighted by Crippen LogP contribution is -2.19. The Labute approximate surface area is 81.0 Å². The zero-order valence-electron chi connectivity index (χ0n) is 8.43. The first-order chi connectivity index (χ1) is 6.29. The summed E-state index contributed by atoms with van der Waals surface area (Å²) in [6.07, 6.45) is 9.18. The van der Waals surface area contributed by atoms with Crippen LogP contribution in [0.1, 0.15) is 19.8 Å². The van der Waals surface area contributed by atoms with E-state index in [1.54, 1.807) is 5.57 Å². The van der Waals surface area contributed by atoms with E-state index < -0.39 is 0 Å². The molecule has 2 heteroatoms. The van der Waals surface area contributed by atoms with Gasteiger partial charge in [0.15, 0.2) is 0 Å². The van der Waals surface area contributed by atoms with Crippen molar-refractivity contribution in [3.8, 4) is 0 Å². The minimum Gasteiger partial charge on any atom is -0.388 e. The monoisotopic (exact) mass is 173 g/mol. The van der Waals surface area contributed by atoms with Crippen LogP contribution in [0.15, 0.2) is 35.0 Å². The molecule has 1 saturated heterocycles. The molecule has 1 aliphatic carbocycles. The highest BCUT2D eigenvalue weighted by Crippen LogP contribution is 2.28. The van der Waals surface area contributed by atoms with Gasteiger partial charge in [0.2, 0.25) is 0 Å². The van der Waals surface area contributed by atoms with Crippen molar-refractivity contribution >= 4 is 7.85 Å². The van der Waals surface area contributed by atoms with E-state index >= 15 is 0 Å². The zero-order chi connectivity index (χ0) is 9.26. The molecule has 1 nitrogen and oxygen atoms in total. The first-order valence-electron chi connectivity index (χ1n) is 5.11. The van der Waals surface area contributed by atoms with Crippen molar-refractivity contribution < 1.29 is 0 Å². The van der Waals surface area contributed by atoms with Crippen LogP contribution >= 0.6 is 0 Å². The molecule has 68 valence electrons. The van der Waals surface area contributed by atoms with Gasteiger partial charge in [-0.25, -0.2) is 0 Å². The van der Waals surface area contributed by atoms with E-state index in [1.807, 2.05) is 0 Å². The third-order valence-electron chi connectivity index (χ3n) is 3.03. The van der Waals surface area contributed by atoms with Gasteiger partial charge in [-0.1, -0.05) is 36.2 Å². The van der Waals surface area contributed by atoms with Crippen molar-refractivity contribution in [2.75, 3.05) is 6.54 Å². The second-order valence-electron chi connectivity index (χ2n) is 3.95. The minimum absolute atomic E-state index is 0.595. The van der Waals surface area contributed by atoms with E-state index in [1.165, 1.54) is 24.0 Å². The molecular weight excluding hydrogens is 157 g/mol. The lowest BCUT2D eigenvalue weighted by atomic mass is 9.87. The Morgan fingerprint density at radius 3 is 3.23 bits per heavy atom. The minimum atomic E-state index is 0.595. The van der Waals surface area contributed by atoms with Gasteiger partial charge >= 0.3 is 0 Å². The van der Waals surface area contributed by atoms with Crippen molar-refractivity contribution in [1.29, 1.82) is 0 Å². The number of rotatable bonds is 0. The first-order valence-corrected chi connectivity index (χ1v) is 5.11. The molecule has 1 atom stereocenters. The predicted molar refractivity (Wildman–Crippen MR) is 59.2 cm³/mol. The molecule has 1 fully saturated rings. The Bertz CT molecular complexity index is 299. The maximum atomic E-state index is 3.54. The summed E-state index contributed by atoms with van der Waals surface area (Å²) >= 11 is 0. The predicted octanol–water partition coefficient (Wildman–Crippen LogP) is 1.35. The van der Waals surface area contributed by atoms with Gasteiger partial charge in [-0.2, -0.15) is 0 Å². The summed E-state index contributed by atoms with van der Waals surface area (Å²) in [5.41, 5.74) is 4.39. The molecule has 0 aromatic rings. The summed E-state index contributed by atoms with van der Waals surface area (Å²) in [6.45, 7) is 3.43. The molecule has 0 unspecified atom stereocenters. The normalized spacial score (nSPS) is 27.5. The van der Waals surface area contributed by atoms with Crippen LogP contribution in [0.25, 0.3) is 0 Å². The smallest absolute Gasteiger partial charge is 0.141 e. The largest absolute Gasteiger partial charge is 0.388 e. The second-order valence-corrected chi connectivity index (χ2v) is 3.95. The number of fused-ring (bicyclic) bond motifs is 2. The number of allylic oxidation sites excluding steroid dienone is 5. The molecule has 1 aliphatic heterocycles. The summed E-state index contributed by atoms with van der Waals surface area (Å²) in [7, 11) is 2.19. The average Bonchev–Trinajstić information content (AvgIpc) is 2.36. The molecule has 0 amide bonds. The van der Waals surface area contributed by atoms with Gasteiger partial charge in [-0.05, 0) is 12.8 Å². The van der Waals surface area contributed by atoms with Crippen molar-refractivity contribution in [3.05, 3.63) is 35.0 Å². The number of hydrogen-bond acceptors (Lipinski definition) is 1. The van der Waals surface area contributed by atoms with Gasteiger partial charge in [0.1, 0.15) is 7.85 Å². The SMILES string of the molecule is BC1=C2NCCCC(=CC=C1)[C@H]2C. The van der Waals surface area contributed by atoms with Gasteiger partial charge in [-0.3, -0.25) is 0 Å². The molecule has 0 radical (unpaired) electrons. The lowest BCUT2D eigenvalue weighted by molar-refractivity contribution is 0.717. The molecule has 0 aromatic heterocycles. The van der Waals surface area contributed by atoms with E-state index in [9.17, 15) is 0 Å². The van der Waals surface area contributed by atoms with Crippen molar-refractivity contribution in [3.63, 3.8) is 0 Å². The molecule has 2 bridgehead atoms. The third-order valence-corrected chi connectivity index (χ3v) is 3.03. The van der Waals surface area contributed by atoms with E-state index in [-0.39, 0.29) is 0 Å². The van der Waals surface area contributed by atoms with Crippen LogP contribution < -0.4 is 5.32 Å². The fourth-order valence-electron chi connectivity index (χ4n) is 2.18. The van der Waals surface area contributed by atoms with Crippen molar-refractivity contribution in [2.24, 2.45) is 5.92 Å². The Hall–Kier alpha value is -0.915. The first kappa shape index (κ1) is 8.67. The Kier molecular flexibility index (Phi) is 2.30. The highest BCUT2D eigenvalue weighted by atomic mass is 14.9. The molecule has 0 saturated carbocycles. The number of hydrogen-bond donors (Lipinski definition) is 1. The molecule has 2 aliphatic rings. The molecule has 0 aromatic carbocycles. The summed E-state index contributed by atoms with van der Waals surface area (Å²) in [5.74, 6) is 0.595. The highest BCUT2D eigenvalue weighted by Gasteiger charge is 2.19. The highest BCUT2D eigenvalue weighted by molar-refractivity contribution is 6.24. The maximum Gasteiger partial charge on any atom is 0.141 e. The van der Waals surface area contributed by atoms with Gasteiger partial charge in [0, 0.05) is 18.2 Å². The Balaban J connectivity index is 2.44. The average molecular weight is 173 g/mol. The van der Waals surface area contributed by atoms with E-state index in [0.717, 1.165) is 6.54 Å². The van der Waals surface area contributed by atoms with E-state index in [0.29, 0.717) is 5.92 Å². The van der Waals surface area contributed by atoms with Gasteiger partial charge in [0.25, 0.3) is 0 Å². The fraction of sp³-hybridized carbons (Fsp3) is 0.455. The quantitative estimate of drug-likeness (QED) is 0.545. The Morgan fingerprint density at radius 2 is 2.38 bits per heavy atom. The van der Waals surface area contributed by atoms with E-state index in [2.05, 4.69) is 38.3 Å². The topological polar surface area (TPSA) is 12.0 Å². The Morgan fingerprint density at radius 1 is 1.54 bits per heavy atom. The zero-order valence-corrected chi connectivity index (χ0v) is 8.43. The molecule has 0 spiro atoms. The molecule has 2 rings (SSSR count). The summed E-state index contributed by atoms with van der Waals surface area (Å²) < 4.78 is 0. The van der Waals surface area contributed by atoms with Crippen LogP contribution in [0, 0.1) is 5.92 Å². The maximum absolute atomic E-state index is 3.54. The van der Waals surface area contributed by atoms with Crippen molar-refractivity contribution in [2.45, 2.75) is 19.8 Å². The molecule has 1 N–H and O–H groups in total. The standard InChI is InChI=1S/C11H16BN/c1-8-9-4-2-6-10(12)11(8)13-7-3-5-9/h2,4,6,8,13H,3,5,7,12H2,1H3/t8-/m1/s1. The third kappa shape index (κ3) is 1.58. The summed E-state index contributed by atoms with van der Waals surface area (Å²) in [4.78, 5) is 0. The van der Waals surface area contributed by atoms with Crippen LogP contribution in [0.5, 0.6) is 0 Å². The van der Waals surface area contributed by atoms with Crippen LogP contribution in [-0.2, 0) is 0 Å². The van der Waals surface area contributed by atoms with E-state index in [4.69, 9.17) is 0 Å². The molecule has 13 heavy (non-hydrogen) atoms. The van der Waals surface area contributed by atoms with Gasteiger partial charge < -0.3 is 5.32 Å². The molecular formula is C11H16BN. The van der Waals surface area contributed by atoms with Crippen LogP contribution in [0.2, 0.25) is 0 Å². The van der Waals surface area contributed by atoms with Crippen LogP contribution in [0.4, 0.5) is 0 Å². The molecule has 1 heterocycles. The number of nitrogens with one attached hydrogen (secondary N) is 1. The summed E-state index contributed by atoms with van der Waals surface area (Å²) in [6, 6.07) is 0.